The standard InChI is InChI=1S/C20H30O7/c1-3-5-6-7-8-9-11-16-19(17-22-20(21)4-2)24-26-27-25-23-18-14-12-10-13-15-18/h4,10,12-15,19H,2-3,5-9,11,16-17H2,1H3. The third kappa shape index (κ3) is 13.0. The van der Waals surface area contributed by atoms with Gasteiger partial charge in [-0.25, -0.2) is 4.79 Å². The molecule has 0 saturated carbocycles. The van der Waals surface area contributed by atoms with E-state index in [0.29, 0.717) is 12.2 Å². The first-order valence-electron chi connectivity index (χ1n) is 9.43. The number of para-hydroxylation sites is 1. The van der Waals surface area contributed by atoms with Gasteiger partial charge in [0.25, 0.3) is 0 Å². The fraction of sp³-hybridized carbons (Fsp3) is 0.550. The molecule has 1 rings (SSSR count). The molecule has 1 aromatic rings. The molecule has 0 aromatic heterocycles. The van der Waals surface area contributed by atoms with Gasteiger partial charge >= 0.3 is 5.97 Å². The quantitative estimate of drug-likeness (QED) is 0.123. The highest BCUT2D eigenvalue weighted by Gasteiger charge is 2.14. The summed E-state index contributed by atoms with van der Waals surface area (Å²) in [5.41, 5.74) is 0. The van der Waals surface area contributed by atoms with Gasteiger partial charge in [-0.2, -0.15) is 4.89 Å². The lowest BCUT2D eigenvalue weighted by atomic mass is 10.1. The second-order valence-corrected chi connectivity index (χ2v) is 6.06. The lowest BCUT2D eigenvalue weighted by molar-refractivity contribution is -0.696. The van der Waals surface area contributed by atoms with Crippen molar-refractivity contribution >= 4 is 5.97 Å². The topological polar surface area (TPSA) is 72.5 Å². The van der Waals surface area contributed by atoms with Crippen LogP contribution in [0, 0.1) is 0 Å². The van der Waals surface area contributed by atoms with E-state index in [0.717, 1.165) is 18.9 Å². The summed E-state index contributed by atoms with van der Waals surface area (Å²) in [4.78, 5) is 21.1. The number of hydrogen-bond acceptors (Lipinski definition) is 7. The molecule has 1 aromatic carbocycles. The van der Waals surface area contributed by atoms with Crippen molar-refractivity contribution in [3.8, 4) is 5.75 Å². The normalized spacial score (nSPS) is 11.7. The van der Waals surface area contributed by atoms with E-state index in [4.69, 9.17) is 14.5 Å². The van der Waals surface area contributed by atoms with Crippen LogP contribution in [0.2, 0.25) is 0 Å². The zero-order chi connectivity index (χ0) is 19.6. The summed E-state index contributed by atoms with van der Waals surface area (Å²) >= 11 is 0. The van der Waals surface area contributed by atoms with Gasteiger partial charge in [0, 0.05) is 16.2 Å². The Kier molecular flexibility index (Phi) is 13.9. The van der Waals surface area contributed by atoms with E-state index in [9.17, 15) is 4.79 Å². The molecule has 7 nitrogen and oxygen atoms in total. The van der Waals surface area contributed by atoms with Crippen LogP contribution >= 0.6 is 0 Å². The number of carbonyl (C=O) groups excluding carboxylic acids is 1. The molecule has 0 spiro atoms. The maximum Gasteiger partial charge on any atom is 0.330 e. The van der Waals surface area contributed by atoms with Crippen molar-refractivity contribution in [2.24, 2.45) is 0 Å². The Bertz CT molecular complexity index is 492. The average molecular weight is 382 g/mol. The summed E-state index contributed by atoms with van der Waals surface area (Å²) in [6.45, 7) is 5.59. The molecule has 1 unspecified atom stereocenters. The fourth-order valence-corrected chi connectivity index (χ4v) is 2.33. The molecule has 27 heavy (non-hydrogen) atoms. The Balaban J connectivity index is 2.18. The van der Waals surface area contributed by atoms with Gasteiger partial charge in [0.2, 0.25) is 0 Å². The van der Waals surface area contributed by atoms with E-state index < -0.39 is 12.1 Å². The number of benzene rings is 1. The maximum atomic E-state index is 11.2. The summed E-state index contributed by atoms with van der Waals surface area (Å²) in [5, 5.41) is 13.3. The number of unbranched alkanes of at least 4 members (excludes halogenated alkanes) is 6. The Morgan fingerprint density at radius 1 is 1.00 bits per heavy atom. The molecule has 0 aliphatic carbocycles. The molecule has 0 amide bonds. The monoisotopic (exact) mass is 382 g/mol. The SMILES string of the molecule is C=CC(=O)OCC(CCCCCCCCC)OOOOOc1ccccc1. The Morgan fingerprint density at radius 3 is 2.41 bits per heavy atom. The molecule has 0 fully saturated rings. The molecule has 0 aliphatic heterocycles. The van der Waals surface area contributed by atoms with Gasteiger partial charge in [-0.15, -0.1) is 0 Å². The molecule has 0 saturated heterocycles. The summed E-state index contributed by atoms with van der Waals surface area (Å²) in [6.07, 6.45) is 9.45. The number of carbonyl (C=O) groups is 1. The Morgan fingerprint density at radius 2 is 1.70 bits per heavy atom. The molecular formula is C20H30O7. The number of rotatable bonds is 17. The Hall–Kier alpha value is -1.93. The third-order valence-electron chi connectivity index (χ3n) is 3.81. The van der Waals surface area contributed by atoms with E-state index in [1.165, 1.54) is 32.1 Å². The van der Waals surface area contributed by atoms with Crippen molar-refractivity contribution in [1.29, 1.82) is 0 Å². The predicted octanol–water partition coefficient (Wildman–Crippen LogP) is 5.03. The van der Waals surface area contributed by atoms with E-state index in [2.05, 4.69) is 28.6 Å². The van der Waals surface area contributed by atoms with Gasteiger partial charge in [0.05, 0.1) is 0 Å². The van der Waals surface area contributed by atoms with E-state index in [1.807, 2.05) is 6.07 Å². The molecule has 152 valence electrons. The van der Waals surface area contributed by atoms with Crippen LogP contribution < -0.4 is 4.89 Å². The maximum absolute atomic E-state index is 11.2. The van der Waals surface area contributed by atoms with Gasteiger partial charge in [-0.3, -0.25) is 0 Å². The van der Waals surface area contributed by atoms with Crippen molar-refractivity contribution in [3.05, 3.63) is 43.0 Å². The van der Waals surface area contributed by atoms with Gasteiger partial charge in [0.1, 0.15) is 12.7 Å². The lowest BCUT2D eigenvalue weighted by Gasteiger charge is -2.14. The number of esters is 1. The van der Waals surface area contributed by atoms with Gasteiger partial charge in [0.15, 0.2) is 5.75 Å². The highest BCUT2D eigenvalue weighted by Crippen LogP contribution is 2.13. The van der Waals surface area contributed by atoms with Gasteiger partial charge in [-0.05, 0) is 23.6 Å². The van der Waals surface area contributed by atoms with Crippen LogP contribution in [0.4, 0.5) is 0 Å². The zero-order valence-electron chi connectivity index (χ0n) is 16.0. The van der Waals surface area contributed by atoms with Crippen molar-refractivity contribution in [2.75, 3.05) is 6.61 Å². The van der Waals surface area contributed by atoms with Crippen molar-refractivity contribution < 1.29 is 34.4 Å². The fourth-order valence-electron chi connectivity index (χ4n) is 2.33. The van der Waals surface area contributed by atoms with Crippen LogP contribution in [-0.4, -0.2) is 18.7 Å². The molecule has 1 atom stereocenters. The van der Waals surface area contributed by atoms with Crippen LogP contribution in [-0.2, 0) is 29.5 Å². The van der Waals surface area contributed by atoms with E-state index >= 15 is 0 Å². The second-order valence-electron chi connectivity index (χ2n) is 6.06. The second kappa shape index (κ2) is 16.3. The molecule has 0 bridgehead atoms. The van der Waals surface area contributed by atoms with Crippen LogP contribution in [0.15, 0.2) is 43.0 Å². The summed E-state index contributed by atoms with van der Waals surface area (Å²) in [7, 11) is 0. The highest BCUT2D eigenvalue weighted by atomic mass is 17.8. The molecule has 0 aliphatic rings. The predicted molar refractivity (Wildman–Crippen MR) is 99.0 cm³/mol. The molecule has 0 N–H and O–H groups in total. The van der Waals surface area contributed by atoms with E-state index in [1.54, 1.807) is 24.3 Å². The average Bonchev–Trinajstić information content (AvgIpc) is 2.70. The first-order chi connectivity index (χ1) is 13.3. The van der Waals surface area contributed by atoms with Crippen LogP contribution in [0.5, 0.6) is 5.75 Å². The first kappa shape index (κ1) is 23.1. The minimum Gasteiger partial charge on any atom is -0.460 e. The van der Waals surface area contributed by atoms with Crippen LogP contribution in [0.3, 0.4) is 0 Å². The minimum atomic E-state index is -0.521. The van der Waals surface area contributed by atoms with Crippen molar-refractivity contribution in [3.63, 3.8) is 0 Å². The third-order valence-corrected chi connectivity index (χ3v) is 3.81. The summed E-state index contributed by atoms with van der Waals surface area (Å²) < 4.78 is 5.00. The molecule has 0 heterocycles. The molecule has 0 radical (unpaired) electrons. The largest absolute Gasteiger partial charge is 0.460 e. The molecule has 7 heteroatoms. The summed E-state index contributed by atoms with van der Waals surface area (Å²) in [6, 6.07) is 8.77. The number of ether oxygens (including phenoxy) is 1. The summed E-state index contributed by atoms with van der Waals surface area (Å²) in [5.74, 6) is -0.0756. The van der Waals surface area contributed by atoms with E-state index in [-0.39, 0.29) is 6.61 Å². The minimum absolute atomic E-state index is 0.0313. The van der Waals surface area contributed by atoms with Gasteiger partial charge in [-0.1, -0.05) is 76.6 Å². The van der Waals surface area contributed by atoms with Crippen molar-refractivity contribution in [1.82, 2.24) is 0 Å². The zero-order valence-corrected chi connectivity index (χ0v) is 16.0. The van der Waals surface area contributed by atoms with Crippen molar-refractivity contribution in [2.45, 2.75) is 64.4 Å². The first-order valence-corrected chi connectivity index (χ1v) is 9.43. The van der Waals surface area contributed by atoms with Crippen LogP contribution in [0.1, 0.15) is 58.3 Å². The Labute approximate surface area is 160 Å². The van der Waals surface area contributed by atoms with Crippen LogP contribution in [0.25, 0.3) is 0 Å². The smallest absolute Gasteiger partial charge is 0.330 e. The number of hydrogen-bond donors (Lipinski definition) is 0. The van der Waals surface area contributed by atoms with Gasteiger partial charge < -0.3 is 9.62 Å². The molecular weight excluding hydrogens is 352 g/mol. The lowest BCUT2D eigenvalue weighted by Crippen LogP contribution is -2.22. The highest BCUT2D eigenvalue weighted by molar-refractivity contribution is 5.81.